The van der Waals surface area contributed by atoms with Gasteiger partial charge in [-0.25, -0.2) is 0 Å². The molecular formula is C16H17N3O4S. The molecule has 1 aromatic heterocycles. The Hall–Kier alpha value is -2.22. The highest BCUT2D eigenvalue weighted by Gasteiger charge is 2.30. The first-order valence-corrected chi connectivity index (χ1v) is 8.73. The van der Waals surface area contributed by atoms with Gasteiger partial charge in [-0.1, -0.05) is 17.8 Å². The van der Waals surface area contributed by atoms with Gasteiger partial charge in [-0.2, -0.15) is 0 Å². The van der Waals surface area contributed by atoms with Gasteiger partial charge in [0.2, 0.25) is 18.6 Å². The van der Waals surface area contributed by atoms with Crippen molar-refractivity contribution in [3.8, 4) is 11.5 Å². The SMILES string of the molecule is CC(Sc1nnc(C2CC2)o1)C(=O)NCc1ccc2c(c1)OCO2. The summed E-state index contributed by atoms with van der Waals surface area (Å²) in [7, 11) is 0. The van der Waals surface area contributed by atoms with E-state index in [0.29, 0.717) is 29.3 Å². The van der Waals surface area contributed by atoms with Gasteiger partial charge in [0.1, 0.15) is 0 Å². The molecule has 2 aromatic rings. The molecule has 0 saturated heterocycles. The number of nitrogens with one attached hydrogen (secondary N) is 1. The zero-order valence-electron chi connectivity index (χ0n) is 13.2. The van der Waals surface area contributed by atoms with Crippen LogP contribution in [0.5, 0.6) is 11.5 Å². The van der Waals surface area contributed by atoms with Crippen molar-refractivity contribution in [3.63, 3.8) is 0 Å². The van der Waals surface area contributed by atoms with E-state index in [2.05, 4.69) is 15.5 Å². The van der Waals surface area contributed by atoms with E-state index in [1.54, 1.807) is 0 Å². The maximum atomic E-state index is 12.2. The molecule has 0 bridgehead atoms. The van der Waals surface area contributed by atoms with Gasteiger partial charge in [0, 0.05) is 12.5 Å². The number of benzene rings is 1. The van der Waals surface area contributed by atoms with Crippen LogP contribution in [-0.2, 0) is 11.3 Å². The number of hydrogen-bond acceptors (Lipinski definition) is 7. The molecule has 2 aliphatic rings. The van der Waals surface area contributed by atoms with Crippen LogP contribution in [0.4, 0.5) is 0 Å². The Balaban J connectivity index is 1.30. The summed E-state index contributed by atoms with van der Waals surface area (Å²) in [5, 5.41) is 11.1. The molecule has 1 aliphatic heterocycles. The van der Waals surface area contributed by atoms with Crippen molar-refractivity contribution in [2.75, 3.05) is 6.79 Å². The molecule has 0 spiro atoms. The summed E-state index contributed by atoms with van der Waals surface area (Å²) in [4.78, 5) is 12.2. The molecule has 1 N–H and O–H groups in total. The maximum Gasteiger partial charge on any atom is 0.277 e. The lowest BCUT2D eigenvalue weighted by molar-refractivity contribution is -0.120. The molecule has 1 aliphatic carbocycles. The van der Waals surface area contributed by atoms with E-state index in [4.69, 9.17) is 13.9 Å². The molecule has 0 radical (unpaired) electrons. The molecule has 1 aromatic carbocycles. The normalized spacial score (nSPS) is 16.9. The lowest BCUT2D eigenvalue weighted by Gasteiger charge is -2.10. The van der Waals surface area contributed by atoms with Crippen molar-refractivity contribution in [1.82, 2.24) is 15.5 Å². The summed E-state index contributed by atoms with van der Waals surface area (Å²) in [6.45, 7) is 2.49. The Labute approximate surface area is 143 Å². The Morgan fingerprint density at radius 2 is 2.17 bits per heavy atom. The van der Waals surface area contributed by atoms with Gasteiger partial charge in [0.25, 0.3) is 5.22 Å². The van der Waals surface area contributed by atoms with Crippen LogP contribution in [0.15, 0.2) is 27.8 Å². The third-order valence-electron chi connectivity index (χ3n) is 3.90. The van der Waals surface area contributed by atoms with Crippen LogP contribution in [0.3, 0.4) is 0 Å². The van der Waals surface area contributed by atoms with Crippen molar-refractivity contribution < 1.29 is 18.7 Å². The Morgan fingerprint density at radius 3 is 3.00 bits per heavy atom. The third-order valence-corrected chi connectivity index (χ3v) is 4.83. The van der Waals surface area contributed by atoms with Crippen LogP contribution in [0.25, 0.3) is 0 Å². The summed E-state index contributed by atoms with van der Waals surface area (Å²) in [5.41, 5.74) is 0.957. The van der Waals surface area contributed by atoms with E-state index >= 15 is 0 Å². The molecule has 7 nitrogen and oxygen atoms in total. The first kappa shape index (κ1) is 15.3. The molecule has 1 saturated carbocycles. The van der Waals surface area contributed by atoms with Gasteiger partial charge in [-0.05, 0) is 37.5 Å². The number of thioether (sulfide) groups is 1. The molecule has 4 rings (SSSR count). The van der Waals surface area contributed by atoms with E-state index in [-0.39, 0.29) is 18.0 Å². The molecule has 126 valence electrons. The van der Waals surface area contributed by atoms with Crippen molar-refractivity contribution in [2.24, 2.45) is 0 Å². The van der Waals surface area contributed by atoms with Gasteiger partial charge in [0.15, 0.2) is 11.5 Å². The van der Waals surface area contributed by atoms with E-state index in [0.717, 1.165) is 24.2 Å². The molecule has 24 heavy (non-hydrogen) atoms. The fraction of sp³-hybridized carbons (Fsp3) is 0.438. The topological polar surface area (TPSA) is 86.5 Å². The van der Waals surface area contributed by atoms with Gasteiger partial charge in [0.05, 0.1) is 5.25 Å². The summed E-state index contributed by atoms with van der Waals surface area (Å²) < 4.78 is 16.2. The Morgan fingerprint density at radius 1 is 1.33 bits per heavy atom. The number of aromatic nitrogens is 2. The number of nitrogens with zero attached hydrogens (tertiary/aromatic N) is 2. The first-order chi connectivity index (χ1) is 11.7. The number of amides is 1. The van der Waals surface area contributed by atoms with E-state index in [1.807, 2.05) is 25.1 Å². The molecule has 1 fully saturated rings. The summed E-state index contributed by atoms with van der Waals surface area (Å²) in [6.07, 6.45) is 2.22. The maximum absolute atomic E-state index is 12.2. The number of carbonyl (C=O) groups excluding carboxylic acids is 1. The Kier molecular flexibility index (Phi) is 4.05. The summed E-state index contributed by atoms with van der Waals surface area (Å²) in [6, 6.07) is 5.63. The number of fused-ring (bicyclic) bond motifs is 1. The molecule has 1 unspecified atom stereocenters. The standard InChI is InChI=1S/C16H17N3O4S/c1-9(24-16-19-18-15(23-16)11-3-4-11)14(20)17-7-10-2-5-12-13(6-10)22-8-21-12/h2,5-6,9,11H,3-4,7-8H2,1H3,(H,17,20). The quantitative estimate of drug-likeness (QED) is 0.803. The second-order valence-corrected chi connectivity index (χ2v) is 7.14. The van der Waals surface area contributed by atoms with Gasteiger partial charge in [-0.15, -0.1) is 10.2 Å². The number of rotatable bonds is 6. The zero-order valence-corrected chi connectivity index (χ0v) is 14.0. The summed E-state index contributed by atoms with van der Waals surface area (Å²) >= 11 is 1.28. The fourth-order valence-electron chi connectivity index (χ4n) is 2.35. The lowest BCUT2D eigenvalue weighted by Crippen LogP contribution is -2.30. The average molecular weight is 347 g/mol. The van der Waals surface area contributed by atoms with Gasteiger partial charge >= 0.3 is 0 Å². The minimum absolute atomic E-state index is 0.0798. The largest absolute Gasteiger partial charge is 0.454 e. The highest BCUT2D eigenvalue weighted by Crippen LogP contribution is 2.40. The summed E-state index contributed by atoms with van der Waals surface area (Å²) in [5.74, 6) is 2.47. The molecule has 8 heteroatoms. The number of hydrogen-bond donors (Lipinski definition) is 1. The number of carbonyl (C=O) groups is 1. The smallest absolute Gasteiger partial charge is 0.277 e. The van der Waals surface area contributed by atoms with E-state index < -0.39 is 0 Å². The fourth-order valence-corrected chi connectivity index (χ4v) is 3.07. The molecule has 2 heterocycles. The van der Waals surface area contributed by atoms with Crippen LogP contribution >= 0.6 is 11.8 Å². The van der Waals surface area contributed by atoms with Crippen LogP contribution < -0.4 is 14.8 Å². The Bertz CT molecular complexity index is 760. The second kappa shape index (κ2) is 6.35. The van der Waals surface area contributed by atoms with Crippen LogP contribution in [0, 0.1) is 0 Å². The third kappa shape index (κ3) is 3.33. The predicted molar refractivity (Wildman–Crippen MR) is 86.0 cm³/mol. The minimum atomic E-state index is -0.313. The first-order valence-electron chi connectivity index (χ1n) is 7.85. The second-order valence-electron chi connectivity index (χ2n) is 5.85. The van der Waals surface area contributed by atoms with Crippen LogP contribution in [-0.4, -0.2) is 28.1 Å². The monoisotopic (exact) mass is 347 g/mol. The highest BCUT2D eigenvalue weighted by atomic mass is 32.2. The van der Waals surface area contributed by atoms with E-state index in [1.165, 1.54) is 11.8 Å². The molecular weight excluding hydrogens is 330 g/mol. The lowest BCUT2D eigenvalue weighted by atomic mass is 10.2. The minimum Gasteiger partial charge on any atom is -0.454 e. The molecule has 1 amide bonds. The molecule has 1 atom stereocenters. The van der Waals surface area contributed by atoms with Crippen molar-refractivity contribution in [2.45, 2.75) is 42.7 Å². The van der Waals surface area contributed by atoms with Crippen LogP contribution in [0.2, 0.25) is 0 Å². The van der Waals surface area contributed by atoms with Crippen molar-refractivity contribution in [1.29, 1.82) is 0 Å². The van der Waals surface area contributed by atoms with E-state index in [9.17, 15) is 4.79 Å². The average Bonchev–Trinajstić information content (AvgIpc) is 3.15. The predicted octanol–water partition coefficient (Wildman–Crippen LogP) is 2.47. The zero-order chi connectivity index (χ0) is 16.5. The van der Waals surface area contributed by atoms with Crippen LogP contribution in [0.1, 0.15) is 37.1 Å². The van der Waals surface area contributed by atoms with Crippen molar-refractivity contribution in [3.05, 3.63) is 29.7 Å². The van der Waals surface area contributed by atoms with Crippen molar-refractivity contribution >= 4 is 17.7 Å². The number of ether oxygens (including phenoxy) is 2. The highest BCUT2D eigenvalue weighted by molar-refractivity contribution is 8.00. The van der Waals surface area contributed by atoms with Gasteiger partial charge < -0.3 is 19.2 Å². The van der Waals surface area contributed by atoms with Gasteiger partial charge in [-0.3, -0.25) is 4.79 Å².